The minimum absolute atomic E-state index is 0.00348. The molecule has 0 aliphatic rings. The Morgan fingerprint density at radius 2 is 2.10 bits per heavy atom. The van der Waals surface area contributed by atoms with Crippen molar-refractivity contribution in [2.24, 2.45) is 0 Å². The first-order valence-corrected chi connectivity index (χ1v) is 7.99. The van der Waals surface area contributed by atoms with E-state index in [2.05, 4.69) is 4.72 Å². The molecule has 0 radical (unpaired) electrons. The van der Waals surface area contributed by atoms with Crippen molar-refractivity contribution in [1.82, 2.24) is 0 Å². The fraction of sp³-hybridized carbons (Fsp3) is 0.0833. The van der Waals surface area contributed by atoms with E-state index >= 15 is 0 Å². The van der Waals surface area contributed by atoms with Gasteiger partial charge in [-0.3, -0.25) is 4.72 Å². The van der Waals surface area contributed by atoms with Crippen molar-refractivity contribution in [3.05, 3.63) is 45.5 Å². The van der Waals surface area contributed by atoms with Crippen LogP contribution in [0, 0.1) is 24.1 Å². The number of hydrogen-bond acceptors (Lipinski definition) is 4. The molecule has 0 saturated carbocycles. The summed E-state index contributed by atoms with van der Waals surface area (Å²) >= 11 is 6.72. The van der Waals surface area contributed by atoms with Crippen molar-refractivity contribution < 1.29 is 12.8 Å². The van der Waals surface area contributed by atoms with E-state index in [0.29, 0.717) is 9.90 Å². The summed E-state index contributed by atoms with van der Waals surface area (Å²) in [6, 6.07) is 6.67. The maximum Gasteiger partial charge on any atom is 0.271 e. The van der Waals surface area contributed by atoms with Crippen LogP contribution in [-0.4, -0.2) is 8.42 Å². The van der Waals surface area contributed by atoms with Crippen LogP contribution in [0.5, 0.6) is 0 Å². The Kier molecular flexibility index (Phi) is 3.99. The van der Waals surface area contributed by atoms with Crippen molar-refractivity contribution in [3.8, 4) is 6.07 Å². The Morgan fingerprint density at radius 1 is 1.40 bits per heavy atom. The van der Waals surface area contributed by atoms with Crippen LogP contribution in [0.2, 0.25) is 4.34 Å². The molecule has 4 nitrogen and oxygen atoms in total. The third-order valence-electron chi connectivity index (χ3n) is 2.44. The number of thiophene rings is 1. The number of sulfonamides is 1. The molecule has 20 heavy (non-hydrogen) atoms. The van der Waals surface area contributed by atoms with Gasteiger partial charge in [0.25, 0.3) is 10.0 Å². The fourth-order valence-electron chi connectivity index (χ4n) is 1.43. The lowest BCUT2D eigenvalue weighted by Crippen LogP contribution is -2.12. The minimum Gasteiger partial charge on any atom is -0.276 e. The van der Waals surface area contributed by atoms with Crippen LogP contribution in [0.4, 0.5) is 10.1 Å². The number of nitrogens with zero attached hydrogens (tertiary/aromatic N) is 1. The van der Waals surface area contributed by atoms with Gasteiger partial charge in [0, 0.05) is 0 Å². The molecule has 2 aromatic rings. The van der Waals surface area contributed by atoms with E-state index < -0.39 is 15.8 Å². The molecule has 104 valence electrons. The first-order valence-electron chi connectivity index (χ1n) is 5.32. The predicted molar refractivity (Wildman–Crippen MR) is 76.0 cm³/mol. The molecule has 1 aromatic heterocycles. The molecule has 0 fully saturated rings. The second kappa shape index (κ2) is 5.40. The molecule has 0 saturated heterocycles. The van der Waals surface area contributed by atoms with Crippen molar-refractivity contribution in [2.75, 3.05) is 4.72 Å². The predicted octanol–water partition coefficient (Wildman–Crippen LogP) is 3.52. The van der Waals surface area contributed by atoms with Crippen LogP contribution in [0.3, 0.4) is 0 Å². The Labute approximate surface area is 124 Å². The maximum absolute atomic E-state index is 13.7. The van der Waals surface area contributed by atoms with Crippen molar-refractivity contribution >= 4 is 38.6 Å². The Hall–Kier alpha value is -1.62. The van der Waals surface area contributed by atoms with Gasteiger partial charge in [0.05, 0.1) is 21.7 Å². The third-order valence-corrected chi connectivity index (χ3v) is 5.84. The summed E-state index contributed by atoms with van der Waals surface area (Å²) < 4.78 is 40.3. The van der Waals surface area contributed by atoms with Gasteiger partial charge in [-0.05, 0) is 36.8 Å². The zero-order chi connectivity index (χ0) is 14.9. The summed E-state index contributed by atoms with van der Waals surface area (Å²) in [5.41, 5.74) is 0.531. The molecular weight excluding hydrogens is 323 g/mol. The van der Waals surface area contributed by atoms with Crippen LogP contribution in [0.15, 0.2) is 28.5 Å². The van der Waals surface area contributed by atoms with E-state index in [9.17, 15) is 12.8 Å². The summed E-state index contributed by atoms with van der Waals surface area (Å²) in [4.78, 5) is 0. The number of nitrogens with one attached hydrogen (secondary N) is 1. The second-order valence-corrected chi connectivity index (χ2v) is 7.50. The van der Waals surface area contributed by atoms with Gasteiger partial charge in [-0.1, -0.05) is 11.6 Å². The van der Waals surface area contributed by atoms with E-state index in [4.69, 9.17) is 16.9 Å². The van der Waals surface area contributed by atoms with E-state index in [1.165, 1.54) is 18.2 Å². The summed E-state index contributed by atoms with van der Waals surface area (Å²) in [5, 5.41) is 8.63. The highest BCUT2D eigenvalue weighted by Crippen LogP contribution is 2.31. The molecule has 2 rings (SSSR count). The number of aryl methyl sites for hydroxylation is 1. The van der Waals surface area contributed by atoms with Crippen molar-refractivity contribution in [3.63, 3.8) is 0 Å². The Balaban J connectivity index is 2.36. The topological polar surface area (TPSA) is 70.0 Å². The molecule has 0 unspecified atom stereocenters. The van der Waals surface area contributed by atoms with Gasteiger partial charge >= 0.3 is 0 Å². The first kappa shape index (κ1) is 14.8. The fourth-order valence-corrected chi connectivity index (χ4v) is 4.20. The Bertz CT molecular complexity index is 790. The summed E-state index contributed by atoms with van der Waals surface area (Å²) in [6.07, 6.45) is 0. The normalized spacial score (nSPS) is 11.1. The SMILES string of the molecule is Cc1cc(S(=O)(=O)Nc2ccc(C#N)cc2F)sc1Cl. The van der Waals surface area contributed by atoms with E-state index in [0.717, 1.165) is 17.4 Å². The highest BCUT2D eigenvalue weighted by atomic mass is 35.5. The molecule has 8 heteroatoms. The van der Waals surface area contributed by atoms with Gasteiger partial charge in [0.2, 0.25) is 0 Å². The van der Waals surface area contributed by atoms with Crippen molar-refractivity contribution in [2.45, 2.75) is 11.1 Å². The standard InChI is InChI=1S/C12H8ClFN2O2S2/c1-7-4-11(19-12(7)13)20(17,18)16-10-3-2-8(6-15)5-9(10)14/h2-5,16H,1H3. The van der Waals surface area contributed by atoms with Crippen molar-refractivity contribution in [1.29, 1.82) is 5.26 Å². The third kappa shape index (κ3) is 2.93. The number of rotatable bonds is 3. The molecule has 1 N–H and O–H groups in total. The zero-order valence-corrected chi connectivity index (χ0v) is 12.5. The average Bonchev–Trinajstić information content (AvgIpc) is 2.73. The maximum atomic E-state index is 13.7. The molecule has 0 amide bonds. The van der Waals surface area contributed by atoms with Crippen LogP contribution in [-0.2, 0) is 10.0 Å². The van der Waals surface area contributed by atoms with Gasteiger partial charge in [0.15, 0.2) is 0 Å². The lowest BCUT2D eigenvalue weighted by Gasteiger charge is -2.07. The zero-order valence-electron chi connectivity index (χ0n) is 10.1. The quantitative estimate of drug-likeness (QED) is 0.936. The highest BCUT2D eigenvalue weighted by molar-refractivity contribution is 7.94. The van der Waals surface area contributed by atoms with Gasteiger partial charge in [-0.2, -0.15) is 5.26 Å². The molecule has 1 heterocycles. The van der Waals surface area contributed by atoms with Crippen LogP contribution in [0.25, 0.3) is 0 Å². The molecule has 0 aliphatic heterocycles. The van der Waals surface area contributed by atoms with Gasteiger partial charge in [0.1, 0.15) is 10.0 Å². The number of nitriles is 1. The van der Waals surface area contributed by atoms with E-state index in [1.807, 2.05) is 0 Å². The molecular formula is C12H8ClFN2O2S2. The lowest BCUT2D eigenvalue weighted by atomic mass is 10.2. The van der Waals surface area contributed by atoms with Crippen LogP contribution in [0.1, 0.15) is 11.1 Å². The Morgan fingerprint density at radius 3 is 2.60 bits per heavy atom. The van der Waals surface area contributed by atoms with Crippen LogP contribution >= 0.6 is 22.9 Å². The molecule has 0 bridgehead atoms. The van der Waals surface area contributed by atoms with Gasteiger partial charge < -0.3 is 0 Å². The number of halogens is 2. The first-order chi connectivity index (χ1) is 9.33. The minimum atomic E-state index is -3.90. The van der Waals surface area contributed by atoms with E-state index in [-0.39, 0.29) is 15.5 Å². The molecule has 0 aliphatic carbocycles. The van der Waals surface area contributed by atoms with E-state index in [1.54, 1.807) is 13.0 Å². The number of benzene rings is 1. The van der Waals surface area contributed by atoms with Gasteiger partial charge in [-0.15, -0.1) is 11.3 Å². The molecule has 1 aromatic carbocycles. The van der Waals surface area contributed by atoms with Gasteiger partial charge in [-0.25, -0.2) is 12.8 Å². The average molecular weight is 331 g/mol. The molecule has 0 spiro atoms. The summed E-state index contributed by atoms with van der Waals surface area (Å²) in [5.74, 6) is -0.813. The summed E-state index contributed by atoms with van der Waals surface area (Å²) in [6.45, 7) is 1.68. The largest absolute Gasteiger partial charge is 0.276 e. The number of anilines is 1. The smallest absolute Gasteiger partial charge is 0.271 e. The second-order valence-electron chi connectivity index (χ2n) is 3.93. The summed E-state index contributed by atoms with van der Waals surface area (Å²) in [7, 11) is -3.90. The highest BCUT2D eigenvalue weighted by Gasteiger charge is 2.20. The number of hydrogen-bond donors (Lipinski definition) is 1. The monoisotopic (exact) mass is 330 g/mol. The molecule has 0 atom stereocenters. The van der Waals surface area contributed by atoms with Crippen LogP contribution < -0.4 is 4.72 Å². The lowest BCUT2D eigenvalue weighted by molar-refractivity contribution is 0.600.